The maximum atomic E-state index is 12.4. The minimum atomic E-state index is -0.892. The van der Waals surface area contributed by atoms with Gasteiger partial charge in [-0.15, -0.1) is 11.3 Å². The highest BCUT2D eigenvalue weighted by Crippen LogP contribution is 2.25. The summed E-state index contributed by atoms with van der Waals surface area (Å²) in [5.41, 5.74) is 4.13. The number of rotatable bonds is 8. The Morgan fingerprint density at radius 3 is 2.43 bits per heavy atom. The summed E-state index contributed by atoms with van der Waals surface area (Å²) < 4.78 is 5.32. The van der Waals surface area contributed by atoms with Gasteiger partial charge in [-0.3, -0.25) is 14.9 Å². The second kappa shape index (κ2) is 10.2. The lowest BCUT2D eigenvalue weighted by Gasteiger charge is -2.15. The van der Waals surface area contributed by atoms with Crippen molar-refractivity contribution in [3.05, 3.63) is 71.1 Å². The molecule has 0 saturated carbocycles. The first-order chi connectivity index (χ1) is 14.5. The van der Waals surface area contributed by atoms with Gasteiger partial charge < -0.3 is 4.74 Å². The van der Waals surface area contributed by atoms with E-state index in [0.717, 1.165) is 23.2 Å². The quantitative estimate of drug-likeness (QED) is 0.491. The molecule has 156 valence electrons. The largest absolute Gasteiger partial charge is 0.453 e. The minimum Gasteiger partial charge on any atom is -0.453 e. The third kappa shape index (κ3) is 5.76. The van der Waals surface area contributed by atoms with E-state index in [1.165, 1.54) is 16.9 Å². The van der Waals surface area contributed by atoms with E-state index in [4.69, 9.17) is 4.74 Å². The van der Waals surface area contributed by atoms with Gasteiger partial charge in [0, 0.05) is 10.9 Å². The summed E-state index contributed by atoms with van der Waals surface area (Å²) in [5.74, 6) is -0.766. The SMILES string of the molecule is CCc1ccc(-c2csc(NC(=O)[C@H](C)OC(=O)C[C@H](C)c3ccccc3)n2)cc1. The summed E-state index contributed by atoms with van der Waals surface area (Å²) in [4.78, 5) is 29.1. The number of aromatic nitrogens is 1. The molecule has 0 aliphatic heterocycles. The lowest BCUT2D eigenvalue weighted by molar-refractivity contribution is -0.153. The molecule has 2 atom stereocenters. The number of carbonyl (C=O) groups is 2. The lowest BCUT2D eigenvalue weighted by Crippen LogP contribution is -2.30. The Hall–Kier alpha value is -2.99. The smallest absolute Gasteiger partial charge is 0.307 e. The molecule has 0 fully saturated rings. The number of aryl methyl sites for hydroxylation is 1. The van der Waals surface area contributed by atoms with Crippen molar-refractivity contribution in [1.82, 2.24) is 4.98 Å². The zero-order chi connectivity index (χ0) is 21.5. The molecule has 1 amide bonds. The molecule has 1 aromatic heterocycles. The molecule has 5 nitrogen and oxygen atoms in total. The van der Waals surface area contributed by atoms with Crippen LogP contribution >= 0.6 is 11.3 Å². The van der Waals surface area contributed by atoms with E-state index >= 15 is 0 Å². The number of hydrogen-bond acceptors (Lipinski definition) is 5. The Morgan fingerprint density at radius 1 is 1.07 bits per heavy atom. The highest BCUT2D eigenvalue weighted by atomic mass is 32.1. The summed E-state index contributed by atoms with van der Waals surface area (Å²) in [6, 6.07) is 18.0. The van der Waals surface area contributed by atoms with E-state index in [9.17, 15) is 9.59 Å². The van der Waals surface area contributed by atoms with Crippen LogP contribution in [0.2, 0.25) is 0 Å². The molecule has 0 unspecified atom stereocenters. The van der Waals surface area contributed by atoms with Gasteiger partial charge in [-0.2, -0.15) is 0 Å². The summed E-state index contributed by atoms with van der Waals surface area (Å²) in [7, 11) is 0. The second-order valence-electron chi connectivity index (χ2n) is 7.23. The molecule has 0 radical (unpaired) electrons. The molecule has 30 heavy (non-hydrogen) atoms. The van der Waals surface area contributed by atoms with Crippen molar-refractivity contribution in [1.29, 1.82) is 0 Å². The molecular weight excluding hydrogens is 396 g/mol. The predicted octanol–water partition coefficient (Wildman–Crippen LogP) is 5.44. The van der Waals surface area contributed by atoms with Crippen LogP contribution in [0.4, 0.5) is 5.13 Å². The number of carbonyl (C=O) groups excluding carboxylic acids is 2. The number of thiazole rings is 1. The molecule has 0 spiro atoms. The predicted molar refractivity (Wildman–Crippen MR) is 121 cm³/mol. The van der Waals surface area contributed by atoms with Crippen LogP contribution in [0, 0.1) is 0 Å². The molecule has 3 aromatic rings. The normalized spacial score (nSPS) is 12.8. The van der Waals surface area contributed by atoms with Crippen LogP contribution in [0.5, 0.6) is 0 Å². The molecule has 6 heteroatoms. The second-order valence-corrected chi connectivity index (χ2v) is 8.08. The Morgan fingerprint density at radius 2 is 1.77 bits per heavy atom. The van der Waals surface area contributed by atoms with Crippen molar-refractivity contribution in [2.75, 3.05) is 5.32 Å². The molecule has 2 aromatic carbocycles. The summed E-state index contributed by atoms with van der Waals surface area (Å²) in [6.45, 7) is 5.64. The van der Waals surface area contributed by atoms with Crippen LogP contribution in [0.3, 0.4) is 0 Å². The third-order valence-electron chi connectivity index (χ3n) is 4.91. The van der Waals surface area contributed by atoms with Crippen LogP contribution in [0.25, 0.3) is 11.3 Å². The number of amides is 1. The number of ether oxygens (including phenoxy) is 1. The molecule has 0 aliphatic rings. The standard InChI is InChI=1S/C24H26N2O3S/c1-4-18-10-12-20(13-11-18)21-15-30-24(25-21)26-23(28)17(3)29-22(27)14-16(2)19-8-6-5-7-9-19/h5-13,15-17H,4,14H2,1-3H3,(H,25,26,28)/t16-,17-/m0/s1. The number of anilines is 1. The van der Waals surface area contributed by atoms with Gasteiger partial charge in [0.15, 0.2) is 11.2 Å². The van der Waals surface area contributed by atoms with Crippen molar-refractivity contribution in [2.24, 2.45) is 0 Å². The fourth-order valence-corrected chi connectivity index (χ4v) is 3.75. The summed E-state index contributed by atoms with van der Waals surface area (Å²) >= 11 is 1.34. The average molecular weight is 423 g/mol. The van der Waals surface area contributed by atoms with Gasteiger partial charge in [-0.1, -0.05) is 68.4 Å². The van der Waals surface area contributed by atoms with Crippen LogP contribution in [-0.4, -0.2) is 23.0 Å². The van der Waals surface area contributed by atoms with Gasteiger partial charge in [0.05, 0.1) is 12.1 Å². The van der Waals surface area contributed by atoms with Crippen LogP contribution in [0.15, 0.2) is 60.0 Å². The van der Waals surface area contributed by atoms with Gasteiger partial charge in [0.2, 0.25) is 0 Å². The molecule has 0 aliphatic carbocycles. The fraction of sp³-hybridized carbons (Fsp3) is 0.292. The van der Waals surface area contributed by atoms with Gasteiger partial charge in [-0.25, -0.2) is 4.98 Å². The highest BCUT2D eigenvalue weighted by molar-refractivity contribution is 7.14. The van der Waals surface area contributed by atoms with E-state index in [1.54, 1.807) is 6.92 Å². The Kier molecular flexibility index (Phi) is 7.36. The maximum Gasteiger partial charge on any atom is 0.307 e. The van der Waals surface area contributed by atoms with Crippen molar-refractivity contribution in [3.8, 4) is 11.3 Å². The van der Waals surface area contributed by atoms with Crippen molar-refractivity contribution >= 4 is 28.3 Å². The van der Waals surface area contributed by atoms with Crippen molar-refractivity contribution in [2.45, 2.75) is 45.6 Å². The molecule has 3 rings (SSSR count). The average Bonchev–Trinajstić information content (AvgIpc) is 3.22. The Labute approximate surface area is 181 Å². The van der Waals surface area contributed by atoms with Gasteiger partial charge in [0.25, 0.3) is 5.91 Å². The molecule has 0 saturated heterocycles. The Bertz CT molecular complexity index is 983. The lowest BCUT2D eigenvalue weighted by atomic mass is 9.98. The Balaban J connectivity index is 1.52. The number of esters is 1. The highest BCUT2D eigenvalue weighted by Gasteiger charge is 2.21. The first-order valence-electron chi connectivity index (χ1n) is 10.1. The molecular formula is C24H26N2O3S. The van der Waals surface area contributed by atoms with Gasteiger partial charge in [-0.05, 0) is 30.4 Å². The van der Waals surface area contributed by atoms with E-state index in [0.29, 0.717) is 5.13 Å². The van der Waals surface area contributed by atoms with Crippen molar-refractivity contribution < 1.29 is 14.3 Å². The number of nitrogens with zero attached hydrogens (tertiary/aromatic N) is 1. The summed E-state index contributed by atoms with van der Waals surface area (Å²) in [6.07, 6.45) is 0.313. The minimum absolute atomic E-state index is 0.0228. The molecule has 0 bridgehead atoms. The van der Waals surface area contributed by atoms with Gasteiger partial charge >= 0.3 is 5.97 Å². The molecule has 1 N–H and O–H groups in total. The number of nitrogens with one attached hydrogen (secondary N) is 1. The van der Waals surface area contributed by atoms with Gasteiger partial charge in [0.1, 0.15) is 0 Å². The van der Waals surface area contributed by atoms with Crippen LogP contribution < -0.4 is 5.32 Å². The molecule has 1 heterocycles. The van der Waals surface area contributed by atoms with Crippen molar-refractivity contribution in [3.63, 3.8) is 0 Å². The number of benzene rings is 2. The third-order valence-corrected chi connectivity index (χ3v) is 5.67. The monoisotopic (exact) mass is 422 g/mol. The first-order valence-corrected chi connectivity index (χ1v) is 10.9. The zero-order valence-corrected chi connectivity index (χ0v) is 18.2. The van der Waals surface area contributed by atoms with E-state index in [-0.39, 0.29) is 12.3 Å². The topological polar surface area (TPSA) is 68.3 Å². The van der Waals surface area contributed by atoms with Crippen LogP contribution in [-0.2, 0) is 20.7 Å². The van der Waals surface area contributed by atoms with Crippen LogP contribution in [0.1, 0.15) is 44.2 Å². The van der Waals surface area contributed by atoms with E-state index in [2.05, 4.69) is 29.4 Å². The maximum absolute atomic E-state index is 12.4. The summed E-state index contributed by atoms with van der Waals surface area (Å²) in [5, 5.41) is 5.12. The zero-order valence-electron chi connectivity index (χ0n) is 17.4. The van der Waals surface area contributed by atoms with E-state index in [1.807, 2.05) is 54.8 Å². The number of hydrogen-bond donors (Lipinski definition) is 1. The first kappa shape index (κ1) is 21.7. The van der Waals surface area contributed by atoms with E-state index < -0.39 is 18.0 Å². The fourth-order valence-electron chi connectivity index (χ4n) is 3.03.